The minimum Gasteiger partial charge on any atom is -0.462 e. The molecular formula is C15H22O3. The molecule has 0 saturated heterocycles. The molecule has 0 saturated carbocycles. The third-order valence-corrected chi connectivity index (χ3v) is 2.93. The maximum atomic E-state index is 11.8. The van der Waals surface area contributed by atoms with E-state index in [0.717, 1.165) is 25.7 Å². The van der Waals surface area contributed by atoms with Crippen LogP contribution in [-0.2, 0) is 4.74 Å². The second-order valence-corrected chi connectivity index (χ2v) is 4.49. The van der Waals surface area contributed by atoms with Crippen LogP contribution in [0.25, 0.3) is 0 Å². The normalized spacial score (nSPS) is 12.1. The Labute approximate surface area is 109 Å². The molecule has 3 nitrogen and oxygen atoms in total. The summed E-state index contributed by atoms with van der Waals surface area (Å²) < 4.78 is 5.32. The van der Waals surface area contributed by atoms with E-state index in [1.165, 1.54) is 0 Å². The van der Waals surface area contributed by atoms with Crippen LogP contribution in [0.3, 0.4) is 0 Å². The number of aliphatic hydroxyl groups excluding tert-OH is 1. The van der Waals surface area contributed by atoms with Crippen molar-refractivity contribution in [2.75, 3.05) is 13.2 Å². The number of carbonyl (C=O) groups is 1. The molecule has 1 N–H and O–H groups in total. The zero-order valence-electron chi connectivity index (χ0n) is 11.0. The van der Waals surface area contributed by atoms with Gasteiger partial charge in [-0.1, -0.05) is 31.5 Å². The molecule has 1 rings (SSSR count). The fourth-order valence-corrected chi connectivity index (χ4v) is 1.95. The van der Waals surface area contributed by atoms with E-state index in [-0.39, 0.29) is 12.6 Å². The van der Waals surface area contributed by atoms with E-state index in [0.29, 0.717) is 18.1 Å². The largest absolute Gasteiger partial charge is 0.462 e. The Hall–Kier alpha value is -1.35. The van der Waals surface area contributed by atoms with E-state index in [9.17, 15) is 4.79 Å². The minimum absolute atomic E-state index is 0.201. The third-order valence-electron chi connectivity index (χ3n) is 2.93. The fraction of sp³-hybridized carbons (Fsp3) is 0.533. The number of esters is 1. The molecule has 18 heavy (non-hydrogen) atoms. The summed E-state index contributed by atoms with van der Waals surface area (Å²) in [5, 5.41) is 8.83. The molecule has 0 radical (unpaired) electrons. The lowest BCUT2D eigenvalue weighted by atomic mass is 9.99. The van der Waals surface area contributed by atoms with Gasteiger partial charge in [0.15, 0.2) is 0 Å². The van der Waals surface area contributed by atoms with E-state index in [2.05, 4.69) is 6.92 Å². The molecule has 0 aliphatic heterocycles. The molecular weight excluding hydrogens is 228 g/mol. The number of benzene rings is 1. The van der Waals surface area contributed by atoms with Crippen molar-refractivity contribution in [2.24, 2.45) is 5.92 Å². The van der Waals surface area contributed by atoms with Crippen LogP contribution in [-0.4, -0.2) is 24.3 Å². The highest BCUT2D eigenvalue weighted by atomic mass is 16.5. The number of ether oxygens (including phenoxy) is 1. The van der Waals surface area contributed by atoms with Gasteiger partial charge in [-0.3, -0.25) is 0 Å². The molecule has 0 aliphatic rings. The second kappa shape index (κ2) is 8.70. The highest BCUT2D eigenvalue weighted by Crippen LogP contribution is 2.14. The molecule has 3 heteroatoms. The first kappa shape index (κ1) is 14.7. The van der Waals surface area contributed by atoms with Gasteiger partial charge in [-0.2, -0.15) is 0 Å². The van der Waals surface area contributed by atoms with Gasteiger partial charge in [0.1, 0.15) is 0 Å². The Morgan fingerprint density at radius 1 is 1.28 bits per heavy atom. The van der Waals surface area contributed by atoms with Crippen molar-refractivity contribution in [2.45, 2.75) is 32.6 Å². The summed E-state index contributed by atoms with van der Waals surface area (Å²) in [5.41, 5.74) is 0.593. The van der Waals surface area contributed by atoms with E-state index in [1.54, 1.807) is 12.1 Å². The van der Waals surface area contributed by atoms with Crippen molar-refractivity contribution in [3.63, 3.8) is 0 Å². The zero-order chi connectivity index (χ0) is 13.2. The van der Waals surface area contributed by atoms with E-state index < -0.39 is 0 Å². The van der Waals surface area contributed by atoms with E-state index >= 15 is 0 Å². The molecule has 0 aromatic heterocycles. The molecule has 0 heterocycles. The van der Waals surface area contributed by atoms with Gasteiger partial charge in [0, 0.05) is 6.61 Å². The Morgan fingerprint density at radius 2 is 2.00 bits per heavy atom. The van der Waals surface area contributed by atoms with Gasteiger partial charge in [-0.15, -0.1) is 0 Å². The average Bonchev–Trinajstić information content (AvgIpc) is 2.42. The smallest absolute Gasteiger partial charge is 0.338 e. The van der Waals surface area contributed by atoms with Crippen molar-refractivity contribution >= 4 is 5.97 Å². The van der Waals surface area contributed by atoms with Crippen LogP contribution in [0.2, 0.25) is 0 Å². The number of rotatable bonds is 8. The van der Waals surface area contributed by atoms with Gasteiger partial charge in [0.25, 0.3) is 0 Å². The Bertz CT molecular complexity index is 335. The van der Waals surface area contributed by atoms with Crippen molar-refractivity contribution in [1.29, 1.82) is 0 Å². The molecule has 1 aromatic rings. The van der Waals surface area contributed by atoms with Crippen LogP contribution < -0.4 is 0 Å². The van der Waals surface area contributed by atoms with E-state index in [4.69, 9.17) is 9.84 Å². The Balaban J connectivity index is 2.39. The number of aliphatic hydroxyl groups is 1. The molecule has 100 valence electrons. The van der Waals surface area contributed by atoms with Crippen molar-refractivity contribution in [3.8, 4) is 0 Å². The first-order valence-electron chi connectivity index (χ1n) is 6.61. The summed E-state index contributed by atoms with van der Waals surface area (Å²) >= 11 is 0. The van der Waals surface area contributed by atoms with E-state index in [1.807, 2.05) is 18.2 Å². The van der Waals surface area contributed by atoms with Crippen molar-refractivity contribution < 1.29 is 14.6 Å². The minimum atomic E-state index is -0.263. The lowest BCUT2D eigenvalue weighted by Crippen LogP contribution is -2.15. The summed E-state index contributed by atoms with van der Waals surface area (Å²) in [6, 6.07) is 9.03. The monoisotopic (exact) mass is 250 g/mol. The number of carbonyl (C=O) groups excluding carboxylic acids is 1. The predicted molar refractivity (Wildman–Crippen MR) is 71.4 cm³/mol. The molecule has 1 atom stereocenters. The van der Waals surface area contributed by atoms with Crippen LogP contribution in [0.1, 0.15) is 43.0 Å². The summed E-state index contributed by atoms with van der Waals surface area (Å²) in [6.07, 6.45) is 3.78. The van der Waals surface area contributed by atoms with Crippen LogP contribution in [0.4, 0.5) is 0 Å². The van der Waals surface area contributed by atoms with Crippen LogP contribution >= 0.6 is 0 Å². The number of hydrogen-bond acceptors (Lipinski definition) is 3. The highest BCUT2D eigenvalue weighted by Gasteiger charge is 2.12. The standard InChI is InChI=1S/C15H22O3/c1-2-7-13(8-6-11-16)12-18-15(17)14-9-4-3-5-10-14/h3-5,9-10,13,16H,2,6-8,11-12H2,1H3. The summed E-state index contributed by atoms with van der Waals surface area (Å²) in [7, 11) is 0. The quantitative estimate of drug-likeness (QED) is 0.721. The zero-order valence-corrected chi connectivity index (χ0v) is 11.0. The lowest BCUT2D eigenvalue weighted by Gasteiger charge is -2.15. The Kier molecular flexibility index (Phi) is 7.11. The summed E-state index contributed by atoms with van der Waals surface area (Å²) in [4.78, 5) is 11.8. The van der Waals surface area contributed by atoms with Gasteiger partial charge >= 0.3 is 5.97 Å². The van der Waals surface area contributed by atoms with Crippen molar-refractivity contribution in [1.82, 2.24) is 0 Å². The predicted octanol–water partition coefficient (Wildman–Crippen LogP) is 3.03. The van der Waals surface area contributed by atoms with Crippen LogP contribution in [0.5, 0.6) is 0 Å². The van der Waals surface area contributed by atoms with Gasteiger partial charge < -0.3 is 9.84 Å². The highest BCUT2D eigenvalue weighted by molar-refractivity contribution is 5.89. The third kappa shape index (κ3) is 5.32. The van der Waals surface area contributed by atoms with Gasteiger partial charge in [0.05, 0.1) is 12.2 Å². The maximum Gasteiger partial charge on any atom is 0.338 e. The maximum absolute atomic E-state index is 11.8. The fourth-order valence-electron chi connectivity index (χ4n) is 1.95. The van der Waals surface area contributed by atoms with Gasteiger partial charge in [0.2, 0.25) is 0 Å². The molecule has 0 aliphatic carbocycles. The second-order valence-electron chi connectivity index (χ2n) is 4.49. The first-order chi connectivity index (χ1) is 8.77. The Morgan fingerprint density at radius 3 is 2.61 bits per heavy atom. The van der Waals surface area contributed by atoms with Crippen LogP contribution in [0.15, 0.2) is 30.3 Å². The summed E-state index contributed by atoms with van der Waals surface area (Å²) in [5.74, 6) is 0.0931. The lowest BCUT2D eigenvalue weighted by molar-refractivity contribution is 0.0421. The molecule has 0 bridgehead atoms. The van der Waals surface area contributed by atoms with Gasteiger partial charge in [-0.05, 0) is 37.3 Å². The topological polar surface area (TPSA) is 46.5 Å². The van der Waals surface area contributed by atoms with Crippen molar-refractivity contribution in [3.05, 3.63) is 35.9 Å². The molecule has 0 fully saturated rings. The van der Waals surface area contributed by atoms with Gasteiger partial charge in [-0.25, -0.2) is 4.79 Å². The molecule has 0 spiro atoms. The average molecular weight is 250 g/mol. The SMILES string of the molecule is CCCC(CCCO)COC(=O)c1ccccc1. The molecule has 0 amide bonds. The summed E-state index contributed by atoms with van der Waals surface area (Å²) in [6.45, 7) is 2.76. The first-order valence-corrected chi connectivity index (χ1v) is 6.61. The molecule has 1 aromatic carbocycles. The van der Waals surface area contributed by atoms with Crippen LogP contribution in [0, 0.1) is 5.92 Å². The number of hydrogen-bond donors (Lipinski definition) is 1. The molecule has 1 unspecified atom stereocenters.